The fourth-order valence-corrected chi connectivity index (χ4v) is 3.80. The minimum atomic E-state index is -0.938. The summed E-state index contributed by atoms with van der Waals surface area (Å²) in [6, 6.07) is 27.3. The quantitative estimate of drug-likeness (QED) is 0.550. The first kappa shape index (κ1) is 17.9. The van der Waals surface area contributed by atoms with Crippen LogP contribution in [0.2, 0.25) is 0 Å². The summed E-state index contributed by atoms with van der Waals surface area (Å²) in [5, 5.41) is 2.60. The summed E-state index contributed by atoms with van der Waals surface area (Å²) in [7, 11) is 0. The molecule has 2 amide bonds. The van der Waals surface area contributed by atoms with E-state index < -0.39 is 5.41 Å². The van der Waals surface area contributed by atoms with E-state index >= 15 is 0 Å². The van der Waals surface area contributed by atoms with Crippen molar-refractivity contribution < 1.29 is 9.59 Å². The average Bonchev–Trinajstić information content (AvgIpc) is 2.73. The highest BCUT2D eigenvalue weighted by Crippen LogP contribution is 2.41. The highest BCUT2D eigenvalue weighted by molar-refractivity contribution is 6.14. The van der Waals surface area contributed by atoms with E-state index in [0.29, 0.717) is 12.0 Å². The van der Waals surface area contributed by atoms with Crippen molar-refractivity contribution in [2.24, 2.45) is 0 Å². The van der Waals surface area contributed by atoms with Crippen molar-refractivity contribution in [1.29, 1.82) is 0 Å². The molecule has 3 aromatic carbocycles. The summed E-state index contributed by atoms with van der Waals surface area (Å²) in [6.07, 6.45) is 2.20. The van der Waals surface area contributed by atoms with Crippen molar-refractivity contribution in [3.63, 3.8) is 0 Å². The molecule has 28 heavy (non-hydrogen) atoms. The number of nitrogens with one attached hydrogen (secondary N) is 1. The molecule has 1 aliphatic heterocycles. The van der Waals surface area contributed by atoms with Crippen molar-refractivity contribution in [1.82, 2.24) is 5.32 Å². The molecular weight excluding hydrogens is 346 g/mol. The Morgan fingerprint density at radius 2 is 1.32 bits per heavy atom. The standard InChI is InChI=1S/C25H21NO2/c1-18-12-14-19(15-13-18)16-20-17-25(24(28)26-23(20)27,21-8-4-2-5-9-21)22-10-6-3-7-11-22/h2-16H,17H2,1H3,(H,26,27,28)/b20-16+. The first-order valence-electron chi connectivity index (χ1n) is 9.34. The molecular formula is C25H21NO2. The first-order valence-corrected chi connectivity index (χ1v) is 9.34. The highest BCUT2D eigenvalue weighted by atomic mass is 16.2. The van der Waals surface area contributed by atoms with Crippen molar-refractivity contribution in [2.45, 2.75) is 18.8 Å². The van der Waals surface area contributed by atoms with Crippen LogP contribution in [0.5, 0.6) is 0 Å². The van der Waals surface area contributed by atoms with Gasteiger partial charge in [0.05, 0.1) is 0 Å². The number of carbonyl (C=O) groups is 2. The number of benzene rings is 3. The minimum absolute atomic E-state index is 0.282. The van der Waals surface area contributed by atoms with Crippen LogP contribution in [-0.2, 0) is 15.0 Å². The van der Waals surface area contributed by atoms with E-state index in [0.717, 1.165) is 22.3 Å². The predicted octanol–water partition coefficient (Wildman–Crippen LogP) is 4.41. The van der Waals surface area contributed by atoms with Gasteiger partial charge in [-0.15, -0.1) is 0 Å². The molecule has 3 nitrogen and oxygen atoms in total. The smallest absolute Gasteiger partial charge is 0.253 e. The number of piperidine rings is 1. The lowest BCUT2D eigenvalue weighted by atomic mass is 9.67. The average molecular weight is 367 g/mol. The third kappa shape index (κ3) is 3.16. The number of hydrogen-bond donors (Lipinski definition) is 1. The number of aryl methyl sites for hydroxylation is 1. The van der Waals surface area contributed by atoms with Crippen molar-refractivity contribution in [2.75, 3.05) is 0 Å². The van der Waals surface area contributed by atoms with Crippen LogP contribution in [0.1, 0.15) is 28.7 Å². The normalized spacial score (nSPS) is 17.4. The van der Waals surface area contributed by atoms with Gasteiger partial charge in [-0.3, -0.25) is 14.9 Å². The Bertz CT molecular complexity index is 995. The highest BCUT2D eigenvalue weighted by Gasteiger charge is 2.47. The van der Waals surface area contributed by atoms with E-state index in [1.807, 2.05) is 97.9 Å². The van der Waals surface area contributed by atoms with Gasteiger partial charge in [0, 0.05) is 12.0 Å². The second kappa shape index (κ2) is 7.28. The molecule has 1 heterocycles. The molecule has 0 atom stereocenters. The molecule has 0 unspecified atom stereocenters. The Balaban J connectivity index is 1.87. The SMILES string of the molecule is Cc1ccc(/C=C2\CC(c3ccccc3)(c3ccccc3)C(=O)NC2=O)cc1. The van der Waals surface area contributed by atoms with Gasteiger partial charge in [0.1, 0.15) is 5.41 Å². The number of imide groups is 1. The first-order chi connectivity index (χ1) is 13.6. The number of amides is 2. The molecule has 0 aliphatic carbocycles. The van der Waals surface area contributed by atoms with Gasteiger partial charge in [0.2, 0.25) is 5.91 Å². The molecule has 3 aromatic rings. The minimum Gasteiger partial charge on any atom is -0.292 e. The topological polar surface area (TPSA) is 46.2 Å². The molecule has 0 radical (unpaired) electrons. The lowest BCUT2D eigenvalue weighted by Crippen LogP contribution is -2.53. The zero-order chi connectivity index (χ0) is 19.6. The zero-order valence-electron chi connectivity index (χ0n) is 15.7. The molecule has 0 spiro atoms. The maximum absolute atomic E-state index is 13.2. The van der Waals surface area contributed by atoms with Gasteiger partial charge >= 0.3 is 0 Å². The van der Waals surface area contributed by atoms with Crippen molar-refractivity contribution in [3.05, 3.63) is 113 Å². The molecule has 1 aliphatic rings. The Morgan fingerprint density at radius 1 is 0.786 bits per heavy atom. The Hall–Kier alpha value is -3.46. The Morgan fingerprint density at radius 3 is 1.86 bits per heavy atom. The molecule has 0 saturated carbocycles. The third-order valence-electron chi connectivity index (χ3n) is 5.31. The molecule has 0 aromatic heterocycles. The fourth-order valence-electron chi connectivity index (χ4n) is 3.80. The van der Waals surface area contributed by atoms with Crippen LogP contribution >= 0.6 is 0 Å². The zero-order valence-corrected chi connectivity index (χ0v) is 15.7. The van der Waals surface area contributed by atoms with Crippen LogP contribution in [0.15, 0.2) is 90.5 Å². The summed E-state index contributed by atoms with van der Waals surface area (Å²) in [5.41, 5.74) is 3.51. The molecule has 1 saturated heterocycles. The van der Waals surface area contributed by atoms with Crippen LogP contribution in [0, 0.1) is 6.92 Å². The lowest BCUT2D eigenvalue weighted by molar-refractivity contribution is -0.133. The van der Waals surface area contributed by atoms with E-state index in [4.69, 9.17) is 0 Å². The fraction of sp³-hybridized carbons (Fsp3) is 0.120. The number of hydrogen-bond acceptors (Lipinski definition) is 2. The lowest BCUT2D eigenvalue weighted by Gasteiger charge is -2.37. The predicted molar refractivity (Wildman–Crippen MR) is 111 cm³/mol. The third-order valence-corrected chi connectivity index (χ3v) is 5.31. The van der Waals surface area contributed by atoms with Crippen LogP contribution in [0.25, 0.3) is 6.08 Å². The molecule has 1 N–H and O–H groups in total. The van der Waals surface area contributed by atoms with Crippen molar-refractivity contribution >= 4 is 17.9 Å². The largest absolute Gasteiger partial charge is 0.292 e. The summed E-state index contributed by atoms with van der Waals surface area (Å²) in [5.74, 6) is -0.607. The molecule has 4 rings (SSSR count). The number of carbonyl (C=O) groups excluding carboxylic acids is 2. The second-order valence-electron chi connectivity index (χ2n) is 7.18. The van der Waals surface area contributed by atoms with E-state index in [1.54, 1.807) is 0 Å². The monoisotopic (exact) mass is 367 g/mol. The summed E-state index contributed by atoms with van der Waals surface area (Å²) in [4.78, 5) is 25.8. The van der Waals surface area contributed by atoms with Crippen LogP contribution < -0.4 is 5.32 Å². The van der Waals surface area contributed by atoms with Crippen molar-refractivity contribution in [3.8, 4) is 0 Å². The van der Waals surface area contributed by atoms with Gasteiger partial charge in [0.15, 0.2) is 0 Å². The van der Waals surface area contributed by atoms with Gasteiger partial charge in [-0.05, 0) is 29.7 Å². The number of rotatable bonds is 3. The van der Waals surface area contributed by atoms with Crippen LogP contribution in [0.3, 0.4) is 0 Å². The van der Waals surface area contributed by atoms with Gasteiger partial charge < -0.3 is 0 Å². The maximum atomic E-state index is 13.2. The van der Waals surface area contributed by atoms with E-state index in [1.165, 1.54) is 0 Å². The van der Waals surface area contributed by atoms with Gasteiger partial charge in [-0.25, -0.2) is 0 Å². The van der Waals surface area contributed by atoms with Gasteiger partial charge in [0.25, 0.3) is 5.91 Å². The molecule has 138 valence electrons. The molecule has 1 fully saturated rings. The van der Waals surface area contributed by atoms with Crippen LogP contribution in [0.4, 0.5) is 0 Å². The van der Waals surface area contributed by atoms with Crippen LogP contribution in [-0.4, -0.2) is 11.8 Å². The Kier molecular flexibility index (Phi) is 4.66. The van der Waals surface area contributed by atoms with Gasteiger partial charge in [-0.2, -0.15) is 0 Å². The van der Waals surface area contributed by atoms with E-state index in [-0.39, 0.29) is 11.8 Å². The second-order valence-corrected chi connectivity index (χ2v) is 7.18. The summed E-state index contributed by atoms with van der Waals surface area (Å²) >= 11 is 0. The van der Waals surface area contributed by atoms with E-state index in [9.17, 15) is 9.59 Å². The summed E-state index contributed by atoms with van der Waals surface area (Å²) in [6.45, 7) is 2.03. The Labute approximate surface area is 164 Å². The molecule has 0 bridgehead atoms. The van der Waals surface area contributed by atoms with Gasteiger partial charge in [-0.1, -0.05) is 90.5 Å². The maximum Gasteiger partial charge on any atom is 0.253 e. The summed E-state index contributed by atoms with van der Waals surface area (Å²) < 4.78 is 0. The van der Waals surface area contributed by atoms with E-state index in [2.05, 4.69) is 5.32 Å². The molecule has 3 heteroatoms.